The number of Topliss-reactive ketones (excluding diaryl/α,β-unsaturated/α-hetero) is 2. The Balaban J connectivity index is 1.53. The maximum absolute atomic E-state index is 14.5. The van der Waals surface area contributed by atoms with Crippen molar-refractivity contribution in [1.82, 2.24) is 9.78 Å². The minimum absolute atomic E-state index is 0.0875. The highest BCUT2D eigenvalue weighted by Crippen LogP contribution is 2.57. The molecule has 8 heteroatoms. The maximum atomic E-state index is 14.5. The molecule has 0 radical (unpaired) electrons. The minimum Gasteiger partial charge on any atom is -0.497 e. The number of allylic oxidation sites excluding steroid dienone is 1. The number of aromatic nitrogens is 2. The lowest BCUT2D eigenvalue weighted by atomic mass is 9.64. The zero-order chi connectivity index (χ0) is 28.6. The van der Waals surface area contributed by atoms with Gasteiger partial charge in [-0.3, -0.25) is 14.4 Å². The van der Waals surface area contributed by atoms with Crippen molar-refractivity contribution < 1.29 is 19.1 Å². The average Bonchev–Trinajstić information content (AvgIpc) is 3.56. The molecular formula is C34H22N4O4. The number of ketones is 2. The minimum atomic E-state index is -1.66. The lowest BCUT2D eigenvalue weighted by Crippen LogP contribution is -2.48. The van der Waals surface area contributed by atoms with Crippen molar-refractivity contribution in [2.75, 3.05) is 17.7 Å². The van der Waals surface area contributed by atoms with E-state index in [4.69, 9.17) is 9.84 Å². The number of fused-ring (bicyclic) bond motifs is 6. The summed E-state index contributed by atoms with van der Waals surface area (Å²) in [5.74, 6) is -0.490. The third-order valence-electron chi connectivity index (χ3n) is 8.27. The molecule has 3 aliphatic rings. The van der Waals surface area contributed by atoms with E-state index < -0.39 is 11.3 Å². The van der Waals surface area contributed by atoms with Crippen LogP contribution < -0.4 is 15.4 Å². The lowest BCUT2D eigenvalue weighted by Gasteiger charge is -2.38. The van der Waals surface area contributed by atoms with Crippen LogP contribution in [0.5, 0.6) is 5.75 Å². The fourth-order valence-corrected chi connectivity index (χ4v) is 6.43. The molecule has 202 valence electrons. The van der Waals surface area contributed by atoms with Crippen LogP contribution in [0.3, 0.4) is 0 Å². The number of ether oxygens (including phenoxy) is 1. The van der Waals surface area contributed by atoms with Crippen molar-refractivity contribution in [3.8, 4) is 22.7 Å². The summed E-state index contributed by atoms with van der Waals surface area (Å²) in [6.07, 6.45) is 0. The summed E-state index contributed by atoms with van der Waals surface area (Å²) in [6.45, 7) is 0. The van der Waals surface area contributed by atoms with Gasteiger partial charge in [0.05, 0.1) is 35.4 Å². The standard InChI is InChI=1S/C34H22N4O4/c1-42-21-17-15-20(16-18-21)38-32-29(27(37-38)19-9-3-2-4-10-19)36-28-26(30(39)22-11-5-6-12-23(22)31(28)40)34(32)24-13-7-8-14-25(24)35-33(34)41/h2-18,36H,1H3,(H,35,41). The second-order valence-electron chi connectivity index (χ2n) is 10.4. The van der Waals surface area contributed by atoms with Gasteiger partial charge in [0.1, 0.15) is 11.4 Å². The summed E-state index contributed by atoms with van der Waals surface area (Å²) in [5, 5.41) is 11.4. The van der Waals surface area contributed by atoms with Gasteiger partial charge in [-0.15, -0.1) is 0 Å². The van der Waals surface area contributed by atoms with Crippen molar-refractivity contribution >= 4 is 28.8 Å². The first kappa shape index (κ1) is 24.1. The normalized spacial score (nSPS) is 18.2. The van der Waals surface area contributed by atoms with Crippen LogP contribution in [0.4, 0.5) is 11.4 Å². The molecule has 4 aromatic carbocycles. The summed E-state index contributed by atoms with van der Waals surface area (Å²) >= 11 is 0. The Hall–Kier alpha value is -5.76. The van der Waals surface area contributed by atoms with Crippen LogP contribution in [0.2, 0.25) is 0 Å². The predicted molar refractivity (Wildman–Crippen MR) is 157 cm³/mol. The Kier molecular flexibility index (Phi) is 4.94. The fraction of sp³-hybridized carbons (Fsp3) is 0.0588. The first-order chi connectivity index (χ1) is 20.5. The molecule has 42 heavy (non-hydrogen) atoms. The van der Waals surface area contributed by atoms with E-state index in [0.29, 0.717) is 45.3 Å². The van der Waals surface area contributed by atoms with Gasteiger partial charge in [-0.25, -0.2) is 4.68 Å². The van der Waals surface area contributed by atoms with Crippen LogP contribution in [0.25, 0.3) is 16.9 Å². The second kappa shape index (κ2) is 8.62. The van der Waals surface area contributed by atoms with Crippen molar-refractivity contribution in [3.05, 3.63) is 137 Å². The van der Waals surface area contributed by atoms with Crippen molar-refractivity contribution in [2.24, 2.45) is 0 Å². The van der Waals surface area contributed by atoms with Gasteiger partial charge in [0.2, 0.25) is 11.7 Å². The number of nitrogens with one attached hydrogen (secondary N) is 2. The first-order valence-electron chi connectivity index (χ1n) is 13.5. The van der Waals surface area contributed by atoms with Crippen LogP contribution in [-0.2, 0) is 10.2 Å². The van der Waals surface area contributed by atoms with E-state index in [1.54, 1.807) is 42.1 Å². The van der Waals surface area contributed by atoms with E-state index in [0.717, 1.165) is 5.56 Å². The van der Waals surface area contributed by atoms with Gasteiger partial charge in [0.15, 0.2) is 11.2 Å². The van der Waals surface area contributed by atoms with Gasteiger partial charge in [0.25, 0.3) is 0 Å². The Bertz CT molecular complexity index is 2020. The molecule has 8 rings (SSSR count). The molecule has 3 heterocycles. The number of anilines is 2. The Morgan fingerprint density at radius 2 is 1.40 bits per heavy atom. The Morgan fingerprint density at radius 3 is 2.14 bits per heavy atom. The summed E-state index contributed by atoms with van der Waals surface area (Å²) < 4.78 is 7.09. The second-order valence-corrected chi connectivity index (χ2v) is 10.4. The number of rotatable bonds is 3. The smallest absolute Gasteiger partial charge is 0.246 e. The Labute approximate surface area is 240 Å². The summed E-state index contributed by atoms with van der Waals surface area (Å²) in [7, 11) is 1.59. The summed E-state index contributed by atoms with van der Waals surface area (Å²) in [4.78, 5) is 43.1. The number of benzene rings is 4. The molecule has 1 aromatic heterocycles. The van der Waals surface area contributed by atoms with Crippen LogP contribution in [0, 0.1) is 0 Å². The number of hydrogen-bond donors (Lipinski definition) is 2. The van der Waals surface area contributed by atoms with Gasteiger partial charge >= 0.3 is 0 Å². The van der Waals surface area contributed by atoms with E-state index in [9.17, 15) is 14.4 Å². The molecular weight excluding hydrogens is 528 g/mol. The lowest BCUT2D eigenvalue weighted by molar-refractivity contribution is -0.118. The van der Waals surface area contributed by atoms with E-state index in [-0.39, 0.29) is 28.4 Å². The quantitative estimate of drug-likeness (QED) is 0.306. The summed E-state index contributed by atoms with van der Waals surface area (Å²) in [6, 6.07) is 30.9. The van der Waals surface area contributed by atoms with Gasteiger partial charge in [-0.05, 0) is 30.3 Å². The van der Waals surface area contributed by atoms with Crippen molar-refractivity contribution in [3.63, 3.8) is 0 Å². The molecule has 0 saturated heterocycles. The topological polar surface area (TPSA) is 102 Å². The molecule has 0 bridgehead atoms. The molecule has 2 N–H and O–H groups in total. The predicted octanol–water partition coefficient (Wildman–Crippen LogP) is 5.54. The molecule has 0 saturated carbocycles. The van der Waals surface area contributed by atoms with Gasteiger partial charge in [-0.1, -0.05) is 72.8 Å². The monoisotopic (exact) mass is 550 g/mol. The van der Waals surface area contributed by atoms with E-state index in [1.807, 2.05) is 72.8 Å². The van der Waals surface area contributed by atoms with Crippen LogP contribution in [0.1, 0.15) is 32.0 Å². The molecule has 0 fully saturated rings. The zero-order valence-corrected chi connectivity index (χ0v) is 22.3. The highest BCUT2D eigenvalue weighted by atomic mass is 16.5. The third kappa shape index (κ3) is 3.00. The highest BCUT2D eigenvalue weighted by molar-refractivity contribution is 6.33. The zero-order valence-electron chi connectivity index (χ0n) is 22.3. The van der Waals surface area contributed by atoms with Gasteiger partial charge in [-0.2, -0.15) is 5.10 Å². The molecule has 5 aromatic rings. The van der Waals surface area contributed by atoms with Crippen LogP contribution in [-0.4, -0.2) is 34.4 Å². The van der Waals surface area contributed by atoms with Gasteiger partial charge in [0, 0.05) is 27.9 Å². The third-order valence-corrected chi connectivity index (χ3v) is 8.27. The van der Waals surface area contributed by atoms with Crippen molar-refractivity contribution in [2.45, 2.75) is 5.41 Å². The Morgan fingerprint density at radius 1 is 0.738 bits per heavy atom. The fourth-order valence-electron chi connectivity index (χ4n) is 6.43. The molecule has 8 nitrogen and oxygen atoms in total. The molecule has 1 amide bonds. The summed E-state index contributed by atoms with van der Waals surface area (Å²) in [5.41, 5.74) is 3.17. The van der Waals surface area contributed by atoms with Crippen LogP contribution in [0.15, 0.2) is 114 Å². The van der Waals surface area contributed by atoms with Crippen molar-refractivity contribution in [1.29, 1.82) is 0 Å². The van der Waals surface area contributed by atoms with E-state index in [2.05, 4.69) is 10.6 Å². The molecule has 1 unspecified atom stereocenters. The first-order valence-corrected chi connectivity index (χ1v) is 13.5. The molecule has 2 aliphatic heterocycles. The SMILES string of the molecule is COc1ccc(-n2nc(-c3ccccc3)c3c2C2(C(=O)Nc4ccccc42)C2=C(N3)C(=O)c3ccccc3C2=O)cc1. The number of hydrogen-bond acceptors (Lipinski definition) is 6. The number of nitrogens with zero attached hydrogens (tertiary/aromatic N) is 2. The number of carbonyl (C=O) groups is 3. The highest BCUT2D eigenvalue weighted by Gasteiger charge is 2.61. The van der Waals surface area contributed by atoms with Gasteiger partial charge < -0.3 is 15.4 Å². The van der Waals surface area contributed by atoms with E-state index in [1.165, 1.54) is 0 Å². The largest absolute Gasteiger partial charge is 0.497 e. The molecule has 1 atom stereocenters. The molecule has 1 spiro atoms. The average molecular weight is 551 g/mol. The number of amides is 1. The number of methoxy groups -OCH3 is 1. The molecule has 1 aliphatic carbocycles. The number of para-hydroxylation sites is 1. The maximum Gasteiger partial charge on any atom is 0.246 e. The number of carbonyl (C=O) groups excluding carboxylic acids is 3. The van der Waals surface area contributed by atoms with Crippen LogP contribution >= 0.6 is 0 Å². The van der Waals surface area contributed by atoms with E-state index >= 15 is 0 Å².